The molecule has 2 amide bonds. The topological polar surface area (TPSA) is 75.2 Å². The summed E-state index contributed by atoms with van der Waals surface area (Å²) in [7, 11) is 0. The van der Waals surface area contributed by atoms with Crippen molar-refractivity contribution < 1.29 is 18.4 Å². The van der Waals surface area contributed by atoms with E-state index in [-0.39, 0.29) is 35.7 Å². The minimum absolute atomic E-state index is 0.0740. The molecule has 2 fully saturated rings. The first-order valence-electron chi connectivity index (χ1n) is 12.0. The maximum atomic E-state index is 14.4. The molecule has 0 spiro atoms. The Bertz CT molecular complexity index is 1320. The number of aromatic nitrogens is 2. The smallest absolute Gasteiger partial charge is 0.255 e. The molecule has 1 saturated carbocycles. The van der Waals surface area contributed by atoms with Crippen molar-refractivity contribution in [3.8, 4) is 11.4 Å². The van der Waals surface area contributed by atoms with Crippen LogP contribution in [0.15, 0.2) is 42.5 Å². The van der Waals surface area contributed by atoms with Gasteiger partial charge in [0.05, 0.1) is 35.0 Å². The van der Waals surface area contributed by atoms with Gasteiger partial charge in [0.1, 0.15) is 11.6 Å². The van der Waals surface area contributed by atoms with Crippen LogP contribution in [0.4, 0.5) is 8.78 Å². The second kappa shape index (κ2) is 8.52. The Morgan fingerprint density at radius 1 is 0.943 bits per heavy atom. The normalized spacial score (nSPS) is 19.6. The van der Waals surface area contributed by atoms with Crippen LogP contribution in [0.2, 0.25) is 0 Å². The molecule has 2 aromatic carbocycles. The number of nitrogens with one attached hydrogen (secondary N) is 1. The lowest BCUT2D eigenvalue weighted by molar-refractivity contribution is -0.132. The van der Waals surface area contributed by atoms with Crippen LogP contribution in [0, 0.1) is 11.6 Å². The fraction of sp³-hybridized carbons (Fsp3) is 0.333. The highest BCUT2D eigenvalue weighted by Crippen LogP contribution is 2.35. The van der Waals surface area contributed by atoms with Crippen molar-refractivity contribution in [3.63, 3.8) is 0 Å². The van der Waals surface area contributed by atoms with Gasteiger partial charge in [0.25, 0.3) is 5.91 Å². The molecular weight excluding hydrogens is 450 g/mol. The van der Waals surface area contributed by atoms with Crippen LogP contribution in [0.3, 0.4) is 0 Å². The number of carbonyl (C=O) groups excluding carboxylic acids is 2. The molecule has 1 atom stereocenters. The third-order valence-corrected chi connectivity index (χ3v) is 7.40. The van der Waals surface area contributed by atoms with Crippen LogP contribution in [-0.4, -0.2) is 39.3 Å². The number of likely N-dealkylation sites (tertiary alicyclic amines) is 1. The van der Waals surface area contributed by atoms with E-state index >= 15 is 0 Å². The van der Waals surface area contributed by atoms with Gasteiger partial charge in [0.15, 0.2) is 5.82 Å². The lowest BCUT2D eigenvalue weighted by atomic mass is 9.91. The quantitative estimate of drug-likeness (QED) is 0.604. The zero-order valence-electron chi connectivity index (χ0n) is 19.1. The summed E-state index contributed by atoms with van der Waals surface area (Å²) in [6, 6.07) is 11.8. The standard InChI is InChI=1S/C27H24F2N4O2/c28-19-5-2-6-20(29)23(19)25-31-21(24-22(32-25)14-30-26(24)34)13-15-7-9-16(10-8-15)18-11-12-33(27(18)35)17-3-1-4-17/h2,5-10,17-18H,1,3-4,11-14H2,(H,30,34)/t18-/m1/s1. The maximum absolute atomic E-state index is 14.4. The summed E-state index contributed by atoms with van der Waals surface area (Å²) in [6.07, 6.45) is 4.53. The number of fused-ring (bicyclic) bond motifs is 1. The van der Waals surface area contributed by atoms with E-state index in [1.54, 1.807) is 0 Å². The van der Waals surface area contributed by atoms with E-state index in [1.807, 2.05) is 29.2 Å². The molecule has 6 rings (SSSR count). The number of nitrogens with zero attached hydrogens (tertiary/aromatic N) is 3. The van der Waals surface area contributed by atoms with Gasteiger partial charge in [-0.2, -0.15) is 0 Å². The highest BCUT2D eigenvalue weighted by atomic mass is 19.1. The summed E-state index contributed by atoms with van der Waals surface area (Å²) in [5.74, 6) is -1.78. The summed E-state index contributed by atoms with van der Waals surface area (Å²) in [4.78, 5) is 36.1. The Labute approximate surface area is 201 Å². The highest BCUT2D eigenvalue weighted by Gasteiger charge is 2.38. The van der Waals surface area contributed by atoms with Gasteiger partial charge in [0, 0.05) is 19.0 Å². The molecule has 3 aromatic rings. The largest absolute Gasteiger partial charge is 0.346 e. The van der Waals surface area contributed by atoms with Gasteiger partial charge in [-0.25, -0.2) is 18.7 Å². The lowest BCUT2D eigenvalue weighted by Gasteiger charge is -2.34. The first-order chi connectivity index (χ1) is 17.0. The fourth-order valence-electron chi connectivity index (χ4n) is 5.29. The van der Waals surface area contributed by atoms with E-state index in [2.05, 4.69) is 15.3 Å². The molecule has 1 N–H and O–H groups in total. The van der Waals surface area contributed by atoms with Gasteiger partial charge < -0.3 is 10.2 Å². The second-order valence-electron chi connectivity index (χ2n) is 9.47. The van der Waals surface area contributed by atoms with Crippen LogP contribution >= 0.6 is 0 Å². The monoisotopic (exact) mass is 474 g/mol. The minimum atomic E-state index is -0.755. The second-order valence-corrected chi connectivity index (χ2v) is 9.47. The van der Waals surface area contributed by atoms with Crippen molar-refractivity contribution in [2.75, 3.05) is 6.54 Å². The van der Waals surface area contributed by atoms with Crippen LogP contribution in [-0.2, 0) is 17.8 Å². The van der Waals surface area contributed by atoms with E-state index in [4.69, 9.17) is 0 Å². The van der Waals surface area contributed by atoms with Gasteiger partial charge >= 0.3 is 0 Å². The zero-order valence-corrected chi connectivity index (χ0v) is 19.1. The number of rotatable bonds is 5. The molecule has 1 aromatic heterocycles. The lowest BCUT2D eigenvalue weighted by Crippen LogP contribution is -2.41. The molecule has 2 aliphatic heterocycles. The third-order valence-electron chi connectivity index (χ3n) is 7.40. The van der Waals surface area contributed by atoms with Crippen molar-refractivity contribution in [3.05, 3.63) is 82.2 Å². The maximum Gasteiger partial charge on any atom is 0.255 e. The number of halogens is 2. The molecular formula is C27H24F2N4O2. The van der Waals surface area contributed by atoms with Crippen molar-refractivity contribution in [2.24, 2.45) is 0 Å². The molecule has 178 valence electrons. The van der Waals surface area contributed by atoms with Crippen molar-refractivity contribution in [1.82, 2.24) is 20.2 Å². The van der Waals surface area contributed by atoms with Crippen LogP contribution in [0.5, 0.6) is 0 Å². The Morgan fingerprint density at radius 2 is 1.69 bits per heavy atom. The summed E-state index contributed by atoms with van der Waals surface area (Å²) in [6.45, 7) is 1.00. The fourth-order valence-corrected chi connectivity index (χ4v) is 5.29. The molecule has 0 unspecified atom stereocenters. The van der Waals surface area contributed by atoms with Gasteiger partial charge in [-0.1, -0.05) is 30.3 Å². The Balaban J connectivity index is 1.29. The van der Waals surface area contributed by atoms with Crippen molar-refractivity contribution in [2.45, 2.75) is 50.6 Å². The molecule has 0 radical (unpaired) electrons. The first-order valence-corrected chi connectivity index (χ1v) is 12.0. The van der Waals surface area contributed by atoms with E-state index in [1.165, 1.54) is 12.5 Å². The van der Waals surface area contributed by atoms with E-state index in [0.29, 0.717) is 29.4 Å². The molecule has 3 aliphatic rings. The Kier molecular flexibility index (Phi) is 5.31. The van der Waals surface area contributed by atoms with E-state index in [9.17, 15) is 18.4 Å². The SMILES string of the molecule is O=C1NCc2nc(-c3c(F)cccc3F)nc(Cc3ccc([C@H]4CCN(C5CCC5)C4=O)cc3)c21. The summed E-state index contributed by atoms with van der Waals surface area (Å²) in [5.41, 5.74) is 2.78. The number of hydrogen-bond donors (Lipinski definition) is 1. The molecule has 1 aliphatic carbocycles. The summed E-state index contributed by atoms with van der Waals surface area (Å²) < 4.78 is 28.8. The number of amides is 2. The zero-order chi connectivity index (χ0) is 24.1. The van der Waals surface area contributed by atoms with Crippen LogP contribution in [0.25, 0.3) is 11.4 Å². The predicted octanol–water partition coefficient (Wildman–Crippen LogP) is 4.12. The molecule has 8 heteroatoms. The van der Waals surface area contributed by atoms with Gasteiger partial charge in [-0.05, 0) is 48.9 Å². The molecule has 35 heavy (non-hydrogen) atoms. The Morgan fingerprint density at radius 3 is 2.37 bits per heavy atom. The van der Waals surface area contributed by atoms with Crippen molar-refractivity contribution in [1.29, 1.82) is 0 Å². The summed E-state index contributed by atoms with van der Waals surface area (Å²) >= 11 is 0. The molecule has 3 heterocycles. The molecule has 6 nitrogen and oxygen atoms in total. The third kappa shape index (κ3) is 3.77. The van der Waals surface area contributed by atoms with Crippen molar-refractivity contribution >= 4 is 11.8 Å². The molecule has 1 saturated heterocycles. The highest BCUT2D eigenvalue weighted by molar-refractivity contribution is 5.99. The van der Waals surface area contributed by atoms with Gasteiger partial charge in [-0.15, -0.1) is 0 Å². The van der Waals surface area contributed by atoms with E-state index in [0.717, 1.165) is 49.1 Å². The van der Waals surface area contributed by atoms with Gasteiger partial charge in [-0.3, -0.25) is 9.59 Å². The first kappa shape index (κ1) is 21.8. The number of benzene rings is 2. The van der Waals surface area contributed by atoms with Crippen LogP contribution < -0.4 is 5.32 Å². The number of hydrogen-bond acceptors (Lipinski definition) is 4. The molecule has 0 bridgehead atoms. The summed E-state index contributed by atoms with van der Waals surface area (Å²) in [5, 5.41) is 2.72. The van der Waals surface area contributed by atoms with Gasteiger partial charge in [0.2, 0.25) is 5.91 Å². The predicted molar refractivity (Wildman–Crippen MR) is 125 cm³/mol. The number of carbonyl (C=O) groups is 2. The Hall–Kier alpha value is -3.68. The van der Waals surface area contributed by atoms with E-state index < -0.39 is 11.6 Å². The van der Waals surface area contributed by atoms with Crippen LogP contribution in [0.1, 0.15) is 64.5 Å². The average Bonchev–Trinajstić information content (AvgIpc) is 3.36. The minimum Gasteiger partial charge on any atom is -0.346 e. The average molecular weight is 475 g/mol.